The van der Waals surface area contributed by atoms with E-state index >= 15 is 0 Å². The first kappa shape index (κ1) is 8.63. The van der Waals surface area contributed by atoms with Gasteiger partial charge in [-0.2, -0.15) is 4.57 Å². The summed E-state index contributed by atoms with van der Waals surface area (Å²) in [7, 11) is 0. The number of fused-ring (bicyclic) bond motifs is 5. The fourth-order valence-electron chi connectivity index (χ4n) is 3.07. The van der Waals surface area contributed by atoms with Crippen LogP contribution in [-0.4, -0.2) is 19.1 Å². The standard InChI is InChI=1S/C13H10N5/c1-2-5-16-9(3-1)10-8-15-12-7-11-14-4-6-17(11)13(16)18(10)12/h1-6,8,13H,7H2/q+1. The third-order valence-corrected chi connectivity index (χ3v) is 3.82. The van der Waals surface area contributed by atoms with Crippen molar-refractivity contribution in [2.24, 2.45) is 0 Å². The molecule has 3 aromatic rings. The van der Waals surface area contributed by atoms with Gasteiger partial charge in [0, 0.05) is 24.5 Å². The number of rotatable bonds is 0. The second kappa shape index (κ2) is 2.69. The van der Waals surface area contributed by atoms with Crippen LogP contribution < -0.4 is 4.57 Å². The lowest BCUT2D eigenvalue weighted by Gasteiger charge is -2.20. The van der Waals surface area contributed by atoms with Gasteiger partial charge in [0.1, 0.15) is 17.3 Å². The van der Waals surface area contributed by atoms with Crippen LogP contribution in [-0.2, 0) is 6.42 Å². The van der Waals surface area contributed by atoms with Gasteiger partial charge in [0.2, 0.25) is 5.69 Å². The molecule has 5 nitrogen and oxygen atoms in total. The van der Waals surface area contributed by atoms with Crippen molar-refractivity contribution in [1.82, 2.24) is 19.1 Å². The zero-order valence-electron chi connectivity index (χ0n) is 9.56. The molecule has 0 bridgehead atoms. The molecule has 1 atom stereocenters. The molecule has 5 heteroatoms. The molecule has 0 fully saturated rings. The number of pyridine rings is 1. The highest BCUT2D eigenvalue weighted by Gasteiger charge is 2.42. The zero-order valence-corrected chi connectivity index (χ0v) is 9.56. The minimum Gasteiger partial charge on any atom is -0.256 e. The Morgan fingerprint density at radius 1 is 1.22 bits per heavy atom. The molecule has 2 aliphatic heterocycles. The zero-order chi connectivity index (χ0) is 11.7. The van der Waals surface area contributed by atoms with E-state index in [1.54, 1.807) is 0 Å². The SMILES string of the molecule is c1cc[n+]2c(c1)-c1cnc3n1C2n1ccnc1C3. The summed E-state index contributed by atoms with van der Waals surface area (Å²) >= 11 is 0. The van der Waals surface area contributed by atoms with Crippen molar-refractivity contribution in [3.05, 3.63) is 54.6 Å². The predicted molar refractivity (Wildman–Crippen MR) is 62.7 cm³/mol. The Bertz CT molecular complexity index is 782. The van der Waals surface area contributed by atoms with E-state index in [2.05, 4.69) is 48.1 Å². The Hall–Kier alpha value is -2.43. The van der Waals surface area contributed by atoms with Gasteiger partial charge in [0.25, 0.3) is 0 Å². The lowest BCUT2D eigenvalue weighted by Crippen LogP contribution is -2.46. The molecule has 5 rings (SSSR count). The second-order valence-electron chi connectivity index (χ2n) is 4.70. The smallest absolute Gasteiger partial charge is 0.256 e. The van der Waals surface area contributed by atoms with E-state index in [-0.39, 0.29) is 6.29 Å². The topological polar surface area (TPSA) is 39.5 Å². The molecular weight excluding hydrogens is 226 g/mol. The Balaban J connectivity index is 1.94. The maximum atomic E-state index is 4.53. The first-order chi connectivity index (χ1) is 8.93. The van der Waals surface area contributed by atoms with Gasteiger partial charge < -0.3 is 0 Å². The Morgan fingerprint density at radius 2 is 2.22 bits per heavy atom. The van der Waals surface area contributed by atoms with Crippen molar-refractivity contribution >= 4 is 0 Å². The van der Waals surface area contributed by atoms with E-state index in [1.165, 1.54) is 11.4 Å². The maximum absolute atomic E-state index is 4.53. The molecule has 0 amide bonds. The Morgan fingerprint density at radius 3 is 3.22 bits per heavy atom. The minimum absolute atomic E-state index is 0.125. The lowest BCUT2D eigenvalue weighted by atomic mass is 10.3. The van der Waals surface area contributed by atoms with Gasteiger partial charge in [-0.25, -0.2) is 14.5 Å². The molecule has 86 valence electrons. The van der Waals surface area contributed by atoms with Crippen LogP contribution in [0, 0.1) is 0 Å². The molecule has 0 aromatic carbocycles. The van der Waals surface area contributed by atoms with E-state index in [0.717, 1.165) is 18.1 Å². The van der Waals surface area contributed by atoms with Gasteiger partial charge in [-0.1, -0.05) is 0 Å². The number of hydrogen-bond donors (Lipinski definition) is 0. The minimum atomic E-state index is 0.125. The third kappa shape index (κ3) is 0.806. The van der Waals surface area contributed by atoms with Crippen LogP contribution in [0.4, 0.5) is 0 Å². The van der Waals surface area contributed by atoms with Crippen LogP contribution in [0.3, 0.4) is 0 Å². The summed E-state index contributed by atoms with van der Waals surface area (Å²) in [6.07, 6.45) is 8.92. The highest BCUT2D eigenvalue weighted by molar-refractivity contribution is 5.53. The number of nitrogens with zero attached hydrogens (tertiary/aromatic N) is 5. The number of hydrogen-bond acceptors (Lipinski definition) is 2. The summed E-state index contributed by atoms with van der Waals surface area (Å²) < 4.78 is 6.78. The number of imidazole rings is 2. The normalized spacial score (nSPS) is 18.3. The van der Waals surface area contributed by atoms with Crippen molar-refractivity contribution < 1.29 is 4.57 Å². The molecule has 0 aliphatic carbocycles. The highest BCUT2D eigenvalue weighted by Crippen LogP contribution is 2.33. The fourth-order valence-corrected chi connectivity index (χ4v) is 3.07. The van der Waals surface area contributed by atoms with Gasteiger partial charge in [0.05, 0.1) is 12.6 Å². The molecule has 1 unspecified atom stereocenters. The van der Waals surface area contributed by atoms with Crippen LogP contribution in [0.15, 0.2) is 43.0 Å². The summed E-state index contributed by atoms with van der Waals surface area (Å²) in [5, 5.41) is 0. The third-order valence-electron chi connectivity index (χ3n) is 3.82. The monoisotopic (exact) mass is 236 g/mol. The summed E-state index contributed by atoms with van der Waals surface area (Å²) in [5.74, 6) is 2.17. The summed E-state index contributed by atoms with van der Waals surface area (Å²) in [6, 6.07) is 6.27. The van der Waals surface area contributed by atoms with Crippen molar-refractivity contribution in [3.63, 3.8) is 0 Å². The molecule has 0 spiro atoms. The summed E-state index contributed by atoms with van der Waals surface area (Å²) in [4.78, 5) is 8.96. The van der Waals surface area contributed by atoms with Gasteiger partial charge in [-0.05, 0) is 6.07 Å². The van der Waals surface area contributed by atoms with E-state index in [9.17, 15) is 0 Å². The van der Waals surface area contributed by atoms with E-state index < -0.39 is 0 Å². The average Bonchev–Trinajstić information content (AvgIpc) is 3.08. The van der Waals surface area contributed by atoms with E-state index in [1.807, 2.05) is 18.6 Å². The molecule has 0 saturated carbocycles. The molecule has 18 heavy (non-hydrogen) atoms. The molecule has 0 radical (unpaired) electrons. The van der Waals surface area contributed by atoms with Crippen LogP contribution in [0.2, 0.25) is 0 Å². The van der Waals surface area contributed by atoms with Crippen LogP contribution in [0.5, 0.6) is 0 Å². The van der Waals surface area contributed by atoms with E-state index in [0.29, 0.717) is 0 Å². The molecule has 5 heterocycles. The summed E-state index contributed by atoms with van der Waals surface area (Å²) in [5.41, 5.74) is 2.40. The first-order valence-electron chi connectivity index (χ1n) is 6.02. The van der Waals surface area contributed by atoms with Crippen LogP contribution in [0.1, 0.15) is 17.9 Å². The molecule has 0 saturated heterocycles. The maximum Gasteiger partial charge on any atom is 0.327 e. The quantitative estimate of drug-likeness (QED) is 0.373. The Labute approximate surface area is 103 Å². The van der Waals surface area contributed by atoms with Crippen molar-refractivity contribution in [3.8, 4) is 11.4 Å². The second-order valence-corrected chi connectivity index (χ2v) is 4.70. The largest absolute Gasteiger partial charge is 0.327 e. The predicted octanol–water partition coefficient (Wildman–Crippen LogP) is 0.804. The summed E-state index contributed by atoms with van der Waals surface area (Å²) in [6.45, 7) is 0. The molecule has 0 N–H and O–H groups in total. The fraction of sp³-hybridized carbons (Fsp3) is 0.154. The number of aromatic nitrogens is 5. The van der Waals surface area contributed by atoms with E-state index in [4.69, 9.17) is 0 Å². The molecular formula is C13H10N5+. The lowest BCUT2D eigenvalue weighted by molar-refractivity contribution is -0.716. The van der Waals surface area contributed by atoms with Crippen molar-refractivity contribution in [2.45, 2.75) is 12.7 Å². The van der Waals surface area contributed by atoms with Gasteiger partial charge in [-0.15, -0.1) is 0 Å². The highest BCUT2D eigenvalue weighted by atomic mass is 15.4. The van der Waals surface area contributed by atoms with Gasteiger partial charge in [0.15, 0.2) is 6.20 Å². The Kier molecular flexibility index (Phi) is 1.29. The average molecular weight is 236 g/mol. The van der Waals surface area contributed by atoms with Crippen molar-refractivity contribution in [2.75, 3.05) is 0 Å². The van der Waals surface area contributed by atoms with Gasteiger partial charge >= 0.3 is 6.29 Å². The van der Waals surface area contributed by atoms with Crippen molar-refractivity contribution in [1.29, 1.82) is 0 Å². The molecule has 3 aromatic heterocycles. The van der Waals surface area contributed by atoms with Crippen LogP contribution in [0.25, 0.3) is 11.4 Å². The first-order valence-corrected chi connectivity index (χ1v) is 6.02. The van der Waals surface area contributed by atoms with Crippen LogP contribution >= 0.6 is 0 Å². The van der Waals surface area contributed by atoms with Gasteiger partial charge in [-0.3, -0.25) is 4.57 Å². The molecule has 2 aliphatic rings.